The lowest BCUT2D eigenvalue weighted by atomic mass is 10.0. The summed E-state index contributed by atoms with van der Waals surface area (Å²) in [7, 11) is 7.45. The van der Waals surface area contributed by atoms with Gasteiger partial charge in [0.15, 0.2) is 0 Å². The van der Waals surface area contributed by atoms with Gasteiger partial charge in [-0.2, -0.15) is 5.10 Å². The second-order valence-corrected chi connectivity index (χ2v) is 5.78. The Kier molecular flexibility index (Phi) is 4.89. The maximum Gasteiger partial charge on any atom is 0.410 e. The van der Waals surface area contributed by atoms with Gasteiger partial charge in [0.2, 0.25) is 0 Å². The van der Waals surface area contributed by atoms with Crippen LogP contribution in [0.5, 0.6) is 0 Å². The minimum absolute atomic E-state index is 0.255. The molecule has 3 rings (SSSR count). The Morgan fingerprint density at radius 1 is 1.38 bits per heavy atom. The van der Waals surface area contributed by atoms with Crippen LogP contribution in [0.1, 0.15) is 6.92 Å². The summed E-state index contributed by atoms with van der Waals surface area (Å²) in [6, 6.07) is 1.90. The zero-order valence-electron chi connectivity index (χ0n) is 13.9. The third kappa shape index (κ3) is 3.45. The molecule has 1 aliphatic rings. The zero-order valence-corrected chi connectivity index (χ0v) is 13.9. The van der Waals surface area contributed by atoms with Gasteiger partial charge in [0.05, 0.1) is 6.61 Å². The van der Waals surface area contributed by atoms with Gasteiger partial charge >= 0.3 is 6.09 Å². The first kappa shape index (κ1) is 16.6. The van der Waals surface area contributed by atoms with Gasteiger partial charge in [0.25, 0.3) is 0 Å². The van der Waals surface area contributed by atoms with Gasteiger partial charge in [0.1, 0.15) is 25.4 Å². The molecule has 2 aromatic heterocycles. The number of carbonyl (C=O) groups is 1. The summed E-state index contributed by atoms with van der Waals surface area (Å²) in [6.07, 6.45) is 2.86. The molecule has 126 valence electrons. The van der Waals surface area contributed by atoms with E-state index in [9.17, 15) is 4.79 Å². The van der Waals surface area contributed by atoms with E-state index < -0.39 is 0 Å². The molecule has 3 heterocycles. The molecule has 0 aliphatic carbocycles. The average Bonchev–Trinajstić information content (AvgIpc) is 2.96. The Morgan fingerprint density at radius 2 is 2.12 bits per heavy atom. The van der Waals surface area contributed by atoms with E-state index in [-0.39, 0.29) is 12.2 Å². The summed E-state index contributed by atoms with van der Waals surface area (Å²) >= 11 is 0. The lowest BCUT2D eigenvalue weighted by molar-refractivity contribution is 0.0277. The molecule has 0 bridgehead atoms. The molecule has 0 N–H and O–H groups in total. The predicted octanol–water partition coefficient (Wildman–Crippen LogP) is -0.183. The third-order valence-electron chi connectivity index (χ3n) is 3.95. The van der Waals surface area contributed by atoms with Crippen LogP contribution in [0.4, 0.5) is 10.6 Å². The summed E-state index contributed by atoms with van der Waals surface area (Å²) < 4.78 is 12.0. The van der Waals surface area contributed by atoms with Crippen molar-refractivity contribution in [3.63, 3.8) is 0 Å². The number of piperazine rings is 1. The van der Waals surface area contributed by atoms with Gasteiger partial charge < -0.3 is 19.3 Å². The molecule has 1 aliphatic heterocycles. The molecule has 1 atom stereocenters. The number of aromatic nitrogens is 3. The summed E-state index contributed by atoms with van der Waals surface area (Å²) in [4.78, 5) is 20.5. The molecule has 2 radical (unpaired) electrons. The van der Waals surface area contributed by atoms with E-state index in [0.717, 1.165) is 5.82 Å². The van der Waals surface area contributed by atoms with Crippen molar-refractivity contribution < 1.29 is 14.3 Å². The minimum atomic E-state index is -0.303. The number of fused-ring (bicyclic) bond motifs is 1. The van der Waals surface area contributed by atoms with Crippen LogP contribution in [0.3, 0.4) is 0 Å². The molecule has 1 amide bonds. The van der Waals surface area contributed by atoms with Gasteiger partial charge in [-0.1, -0.05) is 0 Å². The van der Waals surface area contributed by atoms with Crippen molar-refractivity contribution in [3.8, 4) is 0 Å². The molecule has 24 heavy (non-hydrogen) atoms. The Bertz CT molecular complexity index is 714. The highest BCUT2D eigenvalue weighted by Gasteiger charge is 2.24. The summed E-state index contributed by atoms with van der Waals surface area (Å²) in [5.41, 5.74) is 1.19. The van der Waals surface area contributed by atoms with Crippen molar-refractivity contribution in [3.05, 3.63) is 18.5 Å². The predicted molar refractivity (Wildman–Crippen MR) is 90.0 cm³/mol. The van der Waals surface area contributed by atoms with Crippen LogP contribution in [-0.2, 0) is 9.47 Å². The second-order valence-electron chi connectivity index (χ2n) is 5.78. The van der Waals surface area contributed by atoms with Gasteiger partial charge in [0, 0.05) is 45.7 Å². The quantitative estimate of drug-likeness (QED) is 0.725. The number of nitrogens with zero attached hydrogens (tertiary/aromatic N) is 5. The van der Waals surface area contributed by atoms with Crippen molar-refractivity contribution in [1.82, 2.24) is 19.5 Å². The van der Waals surface area contributed by atoms with Gasteiger partial charge in [-0.25, -0.2) is 14.3 Å². The third-order valence-corrected chi connectivity index (χ3v) is 3.95. The van der Waals surface area contributed by atoms with Crippen molar-refractivity contribution >= 4 is 30.9 Å². The molecule has 8 nitrogen and oxygen atoms in total. The maximum atomic E-state index is 12.1. The van der Waals surface area contributed by atoms with Crippen LogP contribution in [0, 0.1) is 0 Å². The average molecular weight is 329 g/mol. The number of ether oxygens (including phenoxy) is 2. The molecule has 0 aromatic carbocycles. The van der Waals surface area contributed by atoms with E-state index in [1.807, 2.05) is 19.2 Å². The molecule has 0 spiro atoms. The first-order valence-corrected chi connectivity index (χ1v) is 7.88. The SMILES string of the molecule is [B]c1cnn2ccc(N3CCN(C(=O)OC(C)COC)CC3)nc12. The highest BCUT2D eigenvalue weighted by Crippen LogP contribution is 2.15. The highest BCUT2D eigenvalue weighted by atomic mass is 16.6. The van der Waals surface area contributed by atoms with E-state index in [1.54, 1.807) is 22.7 Å². The summed E-state index contributed by atoms with van der Waals surface area (Å²) in [6.45, 7) is 4.74. The number of hydrogen-bond donors (Lipinski definition) is 0. The highest BCUT2D eigenvalue weighted by molar-refractivity contribution is 6.36. The van der Waals surface area contributed by atoms with Crippen molar-refractivity contribution in [2.24, 2.45) is 0 Å². The Morgan fingerprint density at radius 3 is 2.83 bits per heavy atom. The fourth-order valence-corrected chi connectivity index (χ4v) is 2.69. The summed E-state index contributed by atoms with van der Waals surface area (Å²) in [5, 5.41) is 4.11. The molecule has 9 heteroatoms. The van der Waals surface area contributed by atoms with Gasteiger partial charge in [-0.3, -0.25) is 0 Å². The maximum absolute atomic E-state index is 12.1. The Hall–Kier alpha value is -2.29. The van der Waals surface area contributed by atoms with Crippen LogP contribution < -0.4 is 10.4 Å². The fourth-order valence-electron chi connectivity index (χ4n) is 2.69. The first-order chi connectivity index (χ1) is 11.6. The van der Waals surface area contributed by atoms with E-state index in [1.165, 1.54) is 0 Å². The minimum Gasteiger partial charge on any atom is -0.444 e. The van der Waals surface area contributed by atoms with E-state index >= 15 is 0 Å². The van der Waals surface area contributed by atoms with Crippen LogP contribution in [0.15, 0.2) is 18.5 Å². The van der Waals surface area contributed by atoms with Gasteiger partial charge in [-0.05, 0) is 18.5 Å². The number of hydrogen-bond acceptors (Lipinski definition) is 6. The second kappa shape index (κ2) is 7.08. The van der Waals surface area contributed by atoms with Crippen molar-refractivity contribution in [2.45, 2.75) is 13.0 Å². The topological polar surface area (TPSA) is 72.2 Å². The molecule has 1 fully saturated rings. The normalized spacial score (nSPS) is 16.4. The van der Waals surface area contributed by atoms with Gasteiger partial charge in [-0.15, -0.1) is 0 Å². The lowest BCUT2D eigenvalue weighted by Gasteiger charge is -2.35. The number of carbonyl (C=O) groups excluding carboxylic acids is 1. The molecular weight excluding hydrogens is 309 g/mol. The van der Waals surface area contributed by atoms with Crippen LogP contribution in [0.2, 0.25) is 0 Å². The zero-order chi connectivity index (χ0) is 17.1. The fraction of sp³-hybridized carbons (Fsp3) is 0.533. The van der Waals surface area contributed by atoms with E-state index in [2.05, 4.69) is 15.0 Å². The Labute approximate surface area is 141 Å². The molecular formula is C15H20BN5O3. The molecule has 2 aromatic rings. The largest absolute Gasteiger partial charge is 0.444 e. The smallest absolute Gasteiger partial charge is 0.410 e. The number of methoxy groups -OCH3 is 1. The van der Waals surface area contributed by atoms with Crippen molar-refractivity contribution in [2.75, 3.05) is 44.8 Å². The van der Waals surface area contributed by atoms with Crippen LogP contribution in [0.25, 0.3) is 5.65 Å². The standard InChI is InChI=1S/C15H20BN5O3/c1-11(10-23-2)24-15(22)20-7-5-19(6-8-20)13-3-4-21-14(18-13)12(16)9-17-21/h3-4,9,11H,5-8,10H2,1-2H3. The van der Waals surface area contributed by atoms with Crippen LogP contribution in [-0.4, -0.2) is 79.4 Å². The van der Waals surface area contributed by atoms with Crippen LogP contribution >= 0.6 is 0 Å². The van der Waals surface area contributed by atoms with E-state index in [4.69, 9.17) is 17.3 Å². The lowest BCUT2D eigenvalue weighted by Crippen LogP contribution is -2.49. The Balaban J connectivity index is 1.59. The van der Waals surface area contributed by atoms with E-state index in [0.29, 0.717) is 43.9 Å². The molecule has 1 saturated heterocycles. The molecule has 1 unspecified atom stereocenters. The molecule has 0 saturated carbocycles. The first-order valence-electron chi connectivity index (χ1n) is 7.88. The number of amides is 1. The van der Waals surface area contributed by atoms with Crippen molar-refractivity contribution in [1.29, 1.82) is 0 Å². The summed E-state index contributed by atoms with van der Waals surface area (Å²) in [5.74, 6) is 0.829. The monoisotopic (exact) mass is 329 g/mol. The number of rotatable bonds is 4. The number of anilines is 1.